The number of hydrogen-bond acceptors (Lipinski definition) is 3. The minimum absolute atomic E-state index is 0.645. The van der Waals surface area contributed by atoms with Gasteiger partial charge in [-0.2, -0.15) is 5.26 Å². The van der Waals surface area contributed by atoms with E-state index in [4.69, 9.17) is 16.9 Å². The largest absolute Gasteiger partial charge is 0.248 e. The van der Waals surface area contributed by atoms with Gasteiger partial charge in [0.2, 0.25) is 0 Å². The monoisotopic (exact) mass is 234 g/mol. The highest BCUT2D eigenvalue weighted by molar-refractivity contribution is 7.12. The van der Waals surface area contributed by atoms with Gasteiger partial charge in [0.25, 0.3) is 0 Å². The first-order chi connectivity index (χ1) is 7.28. The summed E-state index contributed by atoms with van der Waals surface area (Å²) in [6.45, 7) is 0. The lowest BCUT2D eigenvalue weighted by molar-refractivity contribution is 1.14. The van der Waals surface area contributed by atoms with Gasteiger partial charge in [-0.05, 0) is 17.7 Å². The molecule has 0 aliphatic heterocycles. The van der Waals surface area contributed by atoms with Gasteiger partial charge in [-0.1, -0.05) is 23.7 Å². The molecule has 74 valence electrons. The lowest BCUT2D eigenvalue weighted by Crippen LogP contribution is -1.85. The summed E-state index contributed by atoms with van der Waals surface area (Å²) < 4.78 is 0. The predicted octanol–water partition coefficient (Wildman–Crippen LogP) is 3.26. The molecule has 0 N–H and O–H groups in total. The number of thiazole rings is 1. The van der Waals surface area contributed by atoms with Crippen molar-refractivity contribution in [2.75, 3.05) is 0 Å². The van der Waals surface area contributed by atoms with E-state index >= 15 is 0 Å². The van der Waals surface area contributed by atoms with E-state index in [0.29, 0.717) is 4.88 Å². The van der Waals surface area contributed by atoms with Crippen molar-refractivity contribution in [1.82, 2.24) is 4.98 Å². The summed E-state index contributed by atoms with van der Waals surface area (Å²) in [5.74, 6) is 0. The minimum Gasteiger partial charge on any atom is -0.248 e. The van der Waals surface area contributed by atoms with E-state index in [9.17, 15) is 0 Å². The second-order valence-corrected chi connectivity index (χ2v) is 4.59. The first-order valence-corrected chi connectivity index (χ1v) is 5.56. The Balaban J connectivity index is 2.19. The molecule has 4 heteroatoms. The van der Waals surface area contributed by atoms with Gasteiger partial charge in [0.15, 0.2) is 0 Å². The highest BCUT2D eigenvalue weighted by Gasteiger charge is 2.02. The van der Waals surface area contributed by atoms with Crippen LogP contribution in [0.4, 0.5) is 0 Å². The van der Waals surface area contributed by atoms with Gasteiger partial charge < -0.3 is 0 Å². The van der Waals surface area contributed by atoms with E-state index < -0.39 is 0 Å². The second kappa shape index (κ2) is 4.43. The molecule has 15 heavy (non-hydrogen) atoms. The van der Waals surface area contributed by atoms with Crippen LogP contribution >= 0.6 is 22.9 Å². The molecule has 1 heterocycles. The fraction of sp³-hybridized carbons (Fsp3) is 0.0909. The second-order valence-electron chi connectivity index (χ2n) is 3.04. The number of benzene rings is 1. The highest BCUT2D eigenvalue weighted by atomic mass is 35.5. The Morgan fingerprint density at radius 2 is 2.33 bits per heavy atom. The summed E-state index contributed by atoms with van der Waals surface area (Å²) in [5, 5.41) is 10.3. The lowest BCUT2D eigenvalue weighted by Gasteiger charge is -1.97. The Hall–Kier alpha value is -1.37. The molecule has 2 aromatic rings. The van der Waals surface area contributed by atoms with Crippen LogP contribution in [0.2, 0.25) is 5.02 Å². The SMILES string of the molecule is N#Cc1cnc(Cc2cccc(Cl)c2)s1. The zero-order chi connectivity index (χ0) is 10.7. The summed E-state index contributed by atoms with van der Waals surface area (Å²) in [6.07, 6.45) is 2.33. The van der Waals surface area contributed by atoms with Crippen LogP contribution in [0.15, 0.2) is 30.5 Å². The predicted molar refractivity (Wildman–Crippen MR) is 61.1 cm³/mol. The summed E-state index contributed by atoms with van der Waals surface area (Å²) in [7, 11) is 0. The summed E-state index contributed by atoms with van der Waals surface area (Å²) in [4.78, 5) is 4.81. The van der Waals surface area contributed by atoms with Gasteiger partial charge >= 0.3 is 0 Å². The van der Waals surface area contributed by atoms with Gasteiger partial charge in [0, 0.05) is 11.4 Å². The first kappa shape index (κ1) is 10.2. The molecule has 1 aromatic heterocycles. The van der Waals surface area contributed by atoms with Crippen LogP contribution in [-0.2, 0) is 6.42 Å². The van der Waals surface area contributed by atoms with Crippen LogP contribution < -0.4 is 0 Å². The summed E-state index contributed by atoms with van der Waals surface area (Å²) >= 11 is 7.29. The normalized spacial score (nSPS) is 9.87. The van der Waals surface area contributed by atoms with E-state index in [1.807, 2.05) is 24.3 Å². The first-order valence-electron chi connectivity index (χ1n) is 4.37. The van der Waals surface area contributed by atoms with Crippen molar-refractivity contribution in [3.63, 3.8) is 0 Å². The zero-order valence-electron chi connectivity index (χ0n) is 7.77. The molecular formula is C11H7ClN2S. The van der Waals surface area contributed by atoms with Crippen LogP contribution in [0.3, 0.4) is 0 Å². The van der Waals surface area contributed by atoms with E-state index in [-0.39, 0.29) is 0 Å². The number of nitriles is 1. The van der Waals surface area contributed by atoms with Crippen molar-refractivity contribution in [2.45, 2.75) is 6.42 Å². The van der Waals surface area contributed by atoms with Gasteiger partial charge in [-0.15, -0.1) is 11.3 Å². The Morgan fingerprint density at radius 1 is 1.47 bits per heavy atom. The number of aromatic nitrogens is 1. The van der Waals surface area contributed by atoms with Crippen molar-refractivity contribution in [3.8, 4) is 6.07 Å². The lowest BCUT2D eigenvalue weighted by atomic mass is 10.2. The van der Waals surface area contributed by atoms with Gasteiger partial charge in [-0.25, -0.2) is 4.98 Å². The molecule has 0 spiro atoms. The third kappa shape index (κ3) is 2.56. The maximum Gasteiger partial charge on any atom is 0.124 e. The molecule has 0 fully saturated rings. The van der Waals surface area contributed by atoms with Crippen LogP contribution in [0.5, 0.6) is 0 Å². The maximum absolute atomic E-state index is 8.66. The van der Waals surface area contributed by atoms with Crippen molar-refractivity contribution in [3.05, 3.63) is 50.9 Å². The molecule has 0 aliphatic rings. The molecule has 0 atom stereocenters. The zero-order valence-corrected chi connectivity index (χ0v) is 9.35. The number of nitrogens with zero attached hydrogens (tertiary/aromatic N) is 2. The molecule has 0 radical (unpaired) electrons. The molecule has 2 nitrogen and oxygen atoms in total. The third-order valence-corrected chi connectivity index (χ3v) is 3.05. The summed E-state index contributed by atoms with van der Waals surface area (Å²) in [6, 6.07) is 9.74. The number of rotatable bonds is 2. The Labute approximate surface area is 96.8 Å². The van der Waals surface area contributed by atoms with Crippen LogP contribution in [0.25, 0.3) is 0 Å². The summed E-state index contributed by atoms with van der Waals surface area (Å²) in [5.41, 5.74) is 1.11. The molecule has 0 aliphatic carbocycles. The average molecular weight is 235 g/mol. The topological polar surface area (TPSA) is 36.7 Å². The van der Waals surface area contributed by atoms with Gasteiger partial charge in [0.05, 0.1) is 11.2 Å². The number of hydrogen-bond donors (Lipinski definition) is 0. The van der Waals surface area contributed by atoms with Crippen molar-refractivity contribution in [2.24, 2.45) is 0 Å². The number of halogens is 1. The third-order valence-electron chi connectivity index (χ3n) is 1.91. The molecule has 0 unspecified atom stereocenters. The molecule has 0 bridgehead atoms. The molecule has 2 rings (SSSR count). The minimum atomic E-state index is 0.645. The Kier molecular flexibility index (Phi) is 3.00. The fourth-order valence-corrected chi connectivity index (χ4v) is 2.23. The van der Waals surface area contributed by atoms with Crippen LogP contribution in [0, 0.1) is 11.3 Å². The Morgan fingerprint density at radius 3 is 3.00 bits per heavy atom. The molecule has 1 aromatic carbocycles. The highest BCUT2D eigenvalue weighted by Crippen LogP contribution is 2.18. The smallest absolute Gasteiger partial charge is 0.124 e. The fourth-order valence-electron chi connectivity index (χ4n) is 1.27. The van der Waals surface area contributed by atoms with Gasteiger partial charge in [-0.3, -0.25) is 0 Å². The van der Waals surface area contributed by atoms with Crippen molar-refractivity contribution in [1.29, 1.82) is 5.26 Å². The van der Waals surface area contributed by atoms with E-state index in [1.54, 1.807) is 6.20 Å². The van der Waals surface area contributed by atoms with E-state index in [1.165, 1.54) is 11.3 Å². The van der Waals surface area contributed by atoms with Crippen molar-refractivity contribution >= 4 is 22.9 Å². The molecular weight excluding hydrogens is 228 g/mol. The van der Waals surface area contributed by atoms with Crippen LogP contribution in [0.1, 0.15) is 15.4 Å². The molecule has 0 saturated carbocycles. The van der Waals surface area contributed by atoms with Gasteiger partial charge in [0.1, 0.15) is 10.9 Å². The molecule has 0 saturated heterocycles. The van der Waals surface area contributed by atoms with E-state index in [2.05, 4.69) is 11.1 Å². The van der Waals surface area contributed by atoms with E-state index in [0.717, 1.165) is 22.0 Å². The van der Waals surface area contributed by atoms with Crippen molar-refractivity contribution < 1.29 is 0 Å². The quantitative estimate of drug-likeness (QED) is 0.800. The standard InChI is InChI=1S/C11H7ClN2S/c12-9-3-1-2-8(4-9)5-11-14-7-10(6-13)15-11/h1-4,7H,5H2. The van der Waals surface area contributed by atoms with Crippen LogP contribution in [-0.4, -0.2) is 4.98 Å². The molecule has 0 amide bonds. The Bertz CT molecular complexity index is 513. The maximum atomic E-state index is 8.66. The average Bonchev–Trinajstić information content (AvgIpc) is 2.65.